The zero-order valence-corrected chi connectivity index (χ0v) is 37.9. The van der Waals surface area contributed by atoms with Crippen LogP contribution in [0.5, 0.6) is 0 Å². The Kier molecular flexibility index (Phi) is 34.5. The Balaban J connectivity index is 2.42. The topological polar surface area (TPSA) is 186 Å². The summed E-state index contributed by atoms with van der Waals surface area (Å²) in [6.45, 7) is 3.60. The van der Waals surface area contributed by atoms with E-state index in [1.54, 1.807) is 0 Å². The zero-order chi connectivity index (χ0) is 44.1. The molecule has 0 aromatic carbocycles. The van der Waals surface area contributed by atoms with Crippen LogP contribution in [-0.2, 0) is 38.7 Å². The highest BCUT2D eigenvalue weighted by molar-refractivity contribution is 7.85. The Bertz CT molecular complexity index is 1300. The highest BCUT2D eigenvalue weighted by atomic mass is 32.2. The highest BCUT2D eigenvalue weighted by Crippen LogP contribution is 2.24. The van der Waals surface area contributed by atoms with Gasteiger partial charge >= 0.3 is 11.9 Å². The number of unbranched alkanes of at least 4 members (excludes halogenated alkanes) is 20. The molecule has 0 spiro atoms. The third-order valence-electron chi connectivity index (χ3n) is 10.5. The van der Waals surface area contributed by atoms with Crippen LogP contribution in [0.15, 0.2) is 48.6 Å². The average Bonchev–Trinajstić information content (AvgIpc) is 3.21. The van der Waals surface area contributed by atoms with Crippen molar-refractivity contribution < 1.29 is 56.8 Å². The van der Waals surface area contributed by atoms with Gasteiger partial charge in [-0.05, 0) is 57.8 Å². The summed E-state index contributed by atoms with van der Waals surface area (Å²) in [6, 6.07) is 0. The number of carbonyl (C=O) groups excluding carboxylic acids is 2. The SMILES string of the molecule is CC/C=C/C=C/C=C/CCCCCCCC(=O)OC(COC(=O)CCCCCCCCC/C=C/CCCCCCCCCC)CO[C@H]1O[C@H](CS(=O)(=O)O)[C@@H](O)C(O)C1O. The molecule has 60 heavy (non-hydrogen) atoms. The first-order valence-corrected chi connectivity index (χ1v) is 24.8. The molecular weight excluding hydrogens is 789 g/mol. The van der Waals surface area contributed by atoms with Crippen molar-refractivity contribution in [3.8, 4) is 0 Å². The van der Waals surface area contributed by atoms with Crippen molar-refractivity contribution in [1.82, 2.24) is 0 Å². The molecule has 1 aliphatic rings. The lowest BCUT2D eigenvalue weighted by Gasteiger charge is -2.40. The van der Waals surface area contributed by atoms with E-state index >= 15 is 0 Å². The van der Waals surface area contributed by atoms with Crippen LogP contribution in [0.1, 0.15) is 181 Å². The molecule has 1 aliphatic heterocycles. The summed E-state index contributed by atoms with van der Waals surface area (Å²) in [4.78, 5) is 25.4. The van der Waals surface area contributed by atoms with Crippen LogP contribution < -0.4 is 0 Å². The van der Waals surface area contributed by atoms with E-state index in [-0.39, 0.29) is 19.4 Å². The molecule has 6 atom stereocenters. The summed E-state index contributed by atoms with van der Waals surface area (Å²) < 4.78 is 54.0. The van der Waals surface area contributed by atoms with Crippen LogP contribution in [0, 0.1) is 0 Å². The molecule has 0 aliphatic carbocycles. The number of hydrogen-bond donors (Lipinski definition) is 4. The van der Waals surface area contributed by atoms with Gasteiger partial charge in [0, 0.05) is 12.8 Å². The van der Waals surface area contributed by atoms with Crippen LogP contribution >= 0.6 is 0 Å². The van der Waals surface area contributed by atoms with Gasteiger partial charge in [-0.1, -0.05) is 159 Å². The fraction of sp³-hybridized carbons (Fsp3) is 0.787. The maximum Gasteiger partial charge on any atom is 0.306 e. The third kappa shape index (κ3) is 31.5. The Morgan fingerprint density at radius 3 is 1.60 bits per heavy atom. The minimum Gasteiger partial charge on any atom is -0.462 e. The summed E-state index contributed by atoms with van der Waals surface area (Å²) in [5, 5.41) is 30.9. The van der Waals surface area contributed by atoms with Crippen molar-refractivity contribution in [1.29, 1.82) is 0 Å². The molecule has 1 fully saturated rings. The molecule has 13 heteroatoms. The van der Waals surface area contributed by atoms with Gasteiger partial charge in [-0.25, -0.2) is 0 Å². The molecule has 3 unspecified atom stereocenters. The lowest BCUT2D eigenvalue weighted by atomic mass is 10.00. The van der Waals surface area contributed by atoms with Gasteiger partial charge in [-0.3, -0.25) is 14.1 Å². The largest absolute Gasteiger partial charge is 0.462 e. The standard InChI is InChI=1S/C47H82O12S/c1-3-5-7-9-11-13-15-17-18-19-20-21-22-24-25-27-29-31-33-35-42(48)56-37-40(38-57-47-46(52)45(51)44(50)41(59-47)39-60(53,54)55)58-43(49)36-34-32-30-28-26-23-16-14-12-10-8-6-4-2/h6,8,10,12,14,16,19-20,40-41,44-47,50-52H,3-5,7,9,11,13,15,17-18,21-39H2,1-2H3,(H,53,54,55)/b8-6+,12-10+,16-14+,20-19+/t40?,41-,44-,45?,46?,47+/m1/s1. The van der Waals surface area contributed by atoms with Gasteiger partial charge < -0.3 is 34.3 Å². The number of ether oxygens (including phenoxy) is 4. The van der Waals surface area contributed by atoms with E-state index in [9.17, 15) is 37.9 Å². The second-order valence-corrected chi connectivity index (χ2v) is 17.6. The number of allylic oxidation sites excluding steroid dienone is 8. The first kappa shape index (κ1) is 55.6. The predicted octanol–water partition coefficient (Wildman–Crippen LogP) is 9.56. The minimum atomic E-state index is -4.61. The van der Waals surface area contributed by atoms with E-state index in [4.69, 9.17) is 18.9 Å². The molecule has 0 radical (unpaired) electrons. The number of carbonyl (C=O) groups is 2. The van der Waals surface area contributed by atoms with Gasteiger partial charge in [0.05, 0.1) is 6.61 Å². The van der Waals surface area contributed by atoms with Crippen molar-refractivity contribution in [2.75, 3.05) is 19.0 Å². The van der Waals surface area contributed by atoms with Crippen molar-refractivity contribution in [2.45, 2.75) is 218 Å². The molecule has 12 nitrogen and oxygen atoms in total. The van der Waals surface area contributed by atoms with Crippen LogP contribution in [0.2, 0.25) is 0 Å². The summed E-state index contributed by atoms with van der Waals surface area (Å²) >= 11 is 0. The van der Waals surface area contributed by atoms with E-state index in [1.165, 1.54) is 77.0 Å². The molecule has 4 N–H and O–H groups in total. The smallest absolute Gasteiger partial charge is 0.306 e. The molecule has 1 saturated heterocycles. The molecule has 1 rings (SSSR count). The van der Waals surface area contributed by atoms with Gasteiger partial charge in [0.25, 0.3) is 10.1 Å². The number of aliphatic hydroxyl groups excluding tert-OH is 3. The average molecular weight is 871 g/mol. The van der Waals surface area contributed by atoms with Crippen LogP contribution in [0.3, 0.4) is 0 Å². The van der Waals surface area contributed by atoms with Crippen molar-refractivity contribution in [2.24, 2.45) is 0 Å². The van der Waals surface area contributed by atoms with Gasteiger partial charge in [0.2, 0.25) is 0 Å². The molecule has 0 amide bonds. The Morgan fingerprint density at radius 1 is 0.583 bits per heavy atom. The summed E-state index contributed by atoms with van der Waals surface area (Å²) in [5.41, 5.74) is 0. The summed E-state index contributed by atoms with van der Waals surface area (Å²) in [6.07, 6.45) is 34.5. The number of hydrogen-bond acceptors (Lipinski definition) is 11. The van der Waals surface area contributed by atoms with E-state index in [2.05, 4.69) is 38.2 Å². The first-order chi connectivity index (χ1) is 29.0. The highest BCUT2D eigenvalue weighted by Gasteiger charge is 2.46. The Labute approximate surface area is 363 Å². The van der Waals surface area contributed by atoms with E-state index in [1.807, 2.05) is 24.3 Å². The normalized spacial score (nSPS) is 20.5. The lowest BCUT2D eigenvalue weighted by molar-refractivity contribution is -0.297. The molecule has 0 bridgehead atoms. The van der Waals surface area contributed by atoms with Gasteiger partial charge in [-0.2, -0.15) is 8.42 Å². The molecule has 0 saturated carbocycles. The second kappa shape index (κ2) is 37.2. The monoisotopic (exact) mass is 871 g/mol. The fourth-order valence-corrected chi connectivity index (χ4v) is 7.54. The fourth-order valence-electron chi connectivity index (χ4n) is 6.85. The molecular formula is C47H82O12S. The summed E-state index contributed by atoms with van der Waals surface area (Å²) in [5.74, 6) is -2.02. The predicted molar refractivity (Wildman–Crippen MR) is 238 cm³/mol. The third-order valence-corrected chi connectivity index (χ3v) is 11.2. The van der Waals surface area contributed by atoms with Crippen molar-refractivity contribution in [3.63, 3.8) is 0 Å². The minimum absolute atomic E-state index is 0.139. The van der Waals surface area contributed by atoms with Gasteiger partial charge in [0.1, 0.15) is 36.8 Å². The van der Waals surface area contributed by atoms with E-state index in [0.717, 1.165) is 64.2 Å². The van der Waals surface area contributed by atoms with E-state index < -0.39 is 71.2 Å². The van der Waals surface area contributed by atoms with Crippen LogP contribution in [0.25, 0.3) is 0 Å². The van der Waals surface area contributed by atoms with Gasteiger partial charge in [-0.15, -0.1) is 0 Å². The Hall–Kier alpha value is -2.39. The molecule has 0 aromatic rings. The Morgan fingerprint density at radius 2 is 1.07 bits per heavy atom. The maximum atomic E-state index is 12.8. The first-order valence-electron chi connectivity index (χ1n) is 23.2. The van der Waals surface area contributed by atoms with Gasteiger partial charge in [0.15, 0.2) is 12.4 Å². The summed E-state index contributed by atoms with van der Waals surface area (Å²) in [7, 11) is -4.61. The van der Waals surface area contributed by atoms with Crippen LogP contribution in [-0.4, -0.2) is 96.0 Å². The second-order valence-electron chi connectivity index (χ2n) is 16.1. The zero-order valence-electron chi connectivity index (χ0n) is 37.1. The maximum absolute atomic E-state index is 12.8. The van der Waals surface area contributed by atoms with Crippen molar-refractivity contribution in [3.05, 3.63) is 48.6 Å². The molecule has 1 heterocycles. The lowest BCUT2D eigenvalue weighted by Crippen LogP contribution is -2.60. The van der Waals surface area contributed by atoms with E-state index in [0.29, 0.717) is 12.8 Å². The molecule has 0 aromatic heterocycles. The van der Waals surface area contributed by atoms with Crippen LogP contribution in [0.4, 0.5) is 0 Å². The molecule has 348 valence electrons. The number of rotatable bonds is 38. The number of esters is 2. The van der Waals surface area contributed by atoms with Crippen molar-refractivity contribution >= 4 is 22.1 Å². The quantitative estimate of drug-likeness (QED) is 0.0152. The number of aliphatic hydroxyl groups is 3.